The fourth-order valence-electron chi connectivity index (χ4n) is 2.40. The number of carbonyl (C=O) groups excluding carboxylic acids is 1. The molecule has 3 rings (SSSR count). The van der Waals surface area contributed by atoms with Gasteiger partial charge in [0.1, 0.15) is 17.3 Å². The SMILES string of the molecule is COc1ccc(C)cc1Nc1cnc(C(=O)Nc2ccc(C)cc2)cn1. The summed E-state index contributed by atoms with van der Waals surface area (Å²) in [7, 11) is 1.61. The number of methoxy groups -OCH3 is 1. The molecule has 0 saturated heterocycles. The molecule has 0 atom stereocenters. The van der Waals surface area contributed by atoms with Crippen molar-refractivity contribution in [2.75, 3.05) is 17.7 Å². The maximum atomic E-state index is 12.3. The lowest BCUT2D eigenvalue weighted by molar-refractivity contribution is 0.102. The molecule has 26 heavy (non-hydrogen) atoms. The van der Waals surface area contributed by atoms with Crippen LogP contribution in [0.2, 0.25) is 0 Å². The standard InChI is InChI=1S/C20H20N4O2/c1-13-4-7-15(8-5-13)23-20(25)17-11-22-19(12-21-17)24-16-10-14(2)6-9-18(16)26-3/h4-12H,1-3H3,(H,22,24)(H,23,25). The van der Waals surface area contributed by atoms with Gasteiger partial charge in [-0.2, -0.15) is 0 Å². The quantitative estimate of drug-likeness (QED) is 0.726. The summed E-state index contributed by atoms with van der Waals surface area (Å²) in [6.07, 6.45) is 2.96. The first-order valence-electron chi connectivity index (χ1n) is 8.17. The number of nitrogens with zero attached hydrogens (tertiary/aromatic N) is 2. The number of ether oxygens (including phenoxy) is 1. The summed E-state index contributed by atoms with van der Waals surface area (Å²) < 4.78 is 5.33. The van der Waals surface area contributed by atoms with Crippen molar-refractivity contribution in [1.29, 1.82) is 0 Å². The Morgan fingerprint density at radius 3 is 2.35 bits per heavy atom. The van der Waals surface area contributed by atoms with E-state index in [0.717, 1.165) is 16.8 Å². The third-order valence-corrected chi connectivity index (χ3v) is 3.81. The predicted molar refractivity (Wildman–Crippen MR) is 102 cm³/mol. The smallest absolute Gasteiger partial charge is 0.275 e. The lowest BCUT2D eigenvalue weighted by Crippen LogP contribution is -2.14. The van der Waals surface area contributed by atoms with Crippen molar-refractivity contribution in [3.05, 3.63) is 71.7 Å². The van der Waals surface area contributed by atoms with Crippen LogP contribution in [0.15, 0.2) is 54.9 Å². The first kappa shape index (κ1) is 17.4. The topological polar surface area (TPSA) is 76.1 Å². The van der Waals surface area contributed by atoms with Crippen LogP contribution in [0, 0.1) is 13.8 Å². The van der Waals surface area contributed by atoms with E-state index in [1.54, 1.807) is 7.11 Å². The molecule has 0 aliphatic carbocycles. The average molecular weight is 348 g/mol. The Morgan fingerprint density at radius 1 is 0.962 bits per heavy atom. The van der Waals surface area contributed by atoms with E-state index in [0.29, 0.717) is 17.3 Å². The Balaban J connectivity index is 1.71. The van der Waals surface area contributed by atoms with Gasteiger partial charge in [0.25, 0.3) is 5.91 Å². The summed E-state index contributed by atoms with van der Waals surface area (Å²) in [6, 6.07) is 13.4. The summed E-state index contributed by atoms with van der Waals surface area (Å²) in [6.45, 7) is 3.99. The van der Waals surface area contributed by atoms with Crippen LogP contribution in [0.4, 0.5) is 17.2 Å². The number of amides is 1. The molecule has 0 bridgehead atoms. The highest BCUT2D eigenvalue weighted by Gasteiger charge is 2.10. The average Bonchev–Trinajstić information content (AvgIpc) is 2.64. The van der Waals surface area contributed by atoms with Crippen LogP contribution in [-0.4, -0.2) is 23.0 Å². The second-order valence-corrected chi connectivity index (χ2v) is 5.94. The number of rotatable bonds is 5. The highest BCUT2D eigenvalue weighted by atomic mass is 16.5. The Kier molecular flexibility index (Phi) is 5.12. The van der Waals surface area contributed by atoms with Gasteiger partial charge in [0.2, 0.25) is 0 Å². The Labute approximate surface area is 152 Å². The van der Waals surface area contributed by atoms with Gasteiger partial charge < -0.3 is 15.4 Å². The molecule has 3 aromatic rings. The van der Waals surface area contributed by atoms with E-state index >= 15 is 0 Å². The maximum absolute atomic E-state index is 12.3. The van der Waals surface area contributed by atoms with Gasteiger partial charge in [-0.1, -0.05) is 23.8 Å². The van der Waals surface area contributed by atoms with Crippen LogP contribution >= 0.6 is 0 Å². The van der Waals surface area contributed by atoms with Crippen molar-refractivity contribution < 1.29 is 9.53 Å². The number of aromatic nitrogens is 2. The van der Waals surface area contributed by atoms with Crippen LogP contribution in [0.5, 0.6) is 5.75 Å². The fraction of sp³-hybridized carbons (Fsp3) is 0.150. The minimum Gasteiger partial charge on any atom is -0.495 e. The molecule has 2 N–H and O–H groups in total. The molecule has 1 aromatic heterocycles. The van der Waals surface area contributed by atoms with E-state index in [-0.39, 0.29) is 11.6 Å². The molecular weight excluding hydrogens is 328 g/mol. The summed E-state index contributed by atoms with van der Waals surface area (Å²) in [4.78, 5) is 20.7. The van der Waals surface area contributed by atoms with E-state index in [1.165, 1.54) is 12.4 Å². The predicted octanol–water partition coefficient (Wildman–Crippen LogP) is 4.10. The number of carbonyl (C=O) groups is 1. The highest BCUT2D eigenvalue weighted by Crippen LogP contribution is 2.27. The molecule has 132 valence electrons. The summed E-state index contributed by atoms with van der Waals surface area (Å²) in [5, 5.41) is 5.95. The second-order valence-electron chi connectivity index (χ2n) is 5.94. The molecule has 6 heteroatoms. The molecule has 1 amide bonds. The minimum absolute atomic E-state index is 0.243. The Bertz CT molecular complexity index is 906. The van der Waals surface area contributed by atoms with Crippen LogP contribution in [-0.2, 0) is 0 Å². The summed E-state index contributed by atoms with van der Waals surface area (Å²) in [5.41, 5.74) is 3.97. The first-order valence-corrected chi connectivity index (χ1v) is 8.17. The lowest BCUT2D eigenvalue weighted by atomic mass is 10.2. The molecule has 0 saturated carbocycles. The van der Waals surface area contributed by atoms with E-state index in [2.05, 4.69) is 20.6 Å². The van der Waals surface area contributed by atoms with Crippen LogP contribution in [0.1, 0.15) is 21.6 Å². The molecule has 2 aromatic carbocycles. The van der Waals surface area contributed by atoms with Crippen molar-refractivity contribution >= 4 is 23.1 Å². The first-order chi connectivity index (χ1) is 12.5. The number of hydrogen-bond donors (Lipinski definition) is 2. The number of benzene rings is 2. The number of aryl methyl sites for hydroxylation is 2. The van der Waals surface area contributed by atoms with E-state index in [1.807, 2.05) is 56.3 Å². The van der Waals surface area contributed by atoms with Crippen LogP contribution in [0.25, 0.3) is 0 Å². The zero-order chi connectivity index (χ0) is 18.5. The Morgan fingerprint density at radius 2 is 1.69 bits per heavy atom. The molecule has 0 unspecified atom stereocenters. The van der Waals surface area contributed by atoms with Gasteiger partial charge in [0.05, 0.1) is 25.2 Å². The number of hydrogen-bond acceptors (Lipinski definition) is 5. The Hall–Kier alpha value is -3.41. The largest absolute Gasteiger partial charge is 0.495 e. The number of anilines is 3. The summed E-state index contributed by atoms with van der Waals surface area (Å²) in [5.74, 6) is 0.931. The van der Waals surface area contributed by atoms with E-state index < -0.39 is 0 Å². The molecule has 0 radical (unpaired) electrons. The molecular formula is C20H20N4O2. The molecule has 0 aliphatic heterocycles. The summed E-state index contributed by atoms with van der Waals surface area (Å²) >= 11 is 0. The normalized spacial score (nSPS) is 10.3. The second kappa shape index (κ2) is 7.65. The highest BCUT2D eigenvalue weighted by molar-refractivity contribution is 6.02. The molecule has 6 nitrogen and oxygen atoms in total. The van der Waals surface area contributed by atoms with Crippen LogP contribution < -0.4 is 15.4 Å². The van der Waals surface area contributed by atoms with E-state index in [9.17, 15) is 4.79 Å². The number of nitrogens with one attached hydrogen (secondary N) is 2. The molecule has 0 spiro atoms. The van der Waals surface area contributed by atoms with Gasteiger partial charge >= 0.3 is 0 Å². The van der Waals surface area contributed by atoms with Gasteiger partial charge in [-0.15, -0.1) is 0 Å². The van der Waals surface area contributed by atoms with Gasteiger partial charge in [-0.25, -0.2) is 9.97 Å². The van der Waals surface area contributed by atoms with Crippen molar-refractivity contribution in [1.82, 2.24) is 9.97 Å². The van der Waals surface area contributed by atoms with Gasteiger partial charge in [0, 0.05) is 5.69 Å². The van der Waals surface area contributed by atoms with Gasteiger partial charge in [-0.3, -0.25) is 4.79 Å². The third kappa shape index (κ3) is 4.16. The van der Waals surface area contributed by atoms with Crippen molar-refractivity contribution in [2.45, 2.75) is 13.8 Å². The molecule has 1 heterocycles. The zero-order valence-corrected chi connectivity index (χ0v) is 14.9. The van der Waals surface area contributed by atoms with Crippen molar-refractivity contribution in [2.24, 2.45) is 0 Å². The van der Waals surface area contributed by atoms with Crippen molar-refractivity contribution in [3.63, 3.8) is 0 Å². The van der Waals surface area contributed by atoms with Crippen LogP contribution in [0.3, 0.4) is 0 Å². The molecule has 0 fully saturated rings. The van der Waals surface area contributed by atoms with Crippen molar-refractivity contribution in [3.8, 4) is 5.75 Å². The minimum atomic E-state index is -0.305. The lowest BCUT2D eigenvalue weighted by Gasteiger charge is -2.11. The third-order valence-electron chi connectivity index (χ3n) is 3.81. The zero-order valence-electron chi connectivity index (χ0n) is 14.9. The van der Waals surface area contributed by atoms with E-state index in [4.69, 9.17) is 4.74 Å². The van der Waals surface area contributed by atoms with Gasteiger partial charge in [-0.05, 0) is 43.7 Å². The van der Waals surface area contributed by atoms with Gasteiger partial charge in [0.15, 0.2) is 0 Å². The maximum Gasteiger partial charge on any atom is 0.275 e. The molecule has 0 aliphatic rings. The fourth-order valence-corrected chi connectivity index (χ4v) is 2.40. The monoisotopic (exact) mass is 348 g/mol.